The molecule has 0 saturated heterocycles. The van der Waals surface area contributed by atoms with Crippen LogP contribution in [0.5, 0.6) is 0 Å². The molecule has 0 saturated carbocycles. The molecule has 25 heavy (non-hydrogen) atoms. The van der Waals surface area contributed by atoms with Gasteiger partial charge in [-0.3, -0.25) is 0 Å². The fraction of sp³-hybridized carbons (Fsp3) is 0. The molecular weight excluding hydrogens is 317 g/mol. The fourth-order valence-electron chi connectivity index (χ4n) is 2.22. The van der Waals surface area contributed by atoms with Gasteiger partial charge in [0.1, 0.15) is 0 Å². The summed E-state index contributed by atoms with van der Waals surface area (Å²) < 4.78 is 0. The van der Waals surface area contributed by atoms with Crippen molar-refractivity contribution in [2.45, 2.75) is 0 Å². The van der Waals surface area contributed by atoms with Gasteiger partial charge in [-0.05, 0) is 24.3 Å². The van der Waals surface area contributed by atoms with Crippen molar-refractivity contribution >= 4 is 12.8 Å². The normalized spacial score (nSPS) is 9.92. The van der Waals surface area contributed by atoms with Gasteiger partial charge in [0.15, 0.2) is 17.4 Å². The van der Waals surface area contributed by atoms with Crippen LogP contribution in [0.4, 0.5) is 0 Å². The highest BCUT2D eigenvalue weighted by atomic mass is 16.4. The molecule has 2 aromatic carbocycles. The van der Waals surface area contributed by atoms with Crippen molar-refractivity contribution in [1.82, 2.24) is 15.0 Å². The molecule has 1 heterocycles. The Hall–Kier alpha value is -3.59. The van der Waals surface area contributed by atoms with Crippen molar-refractivity contribution in [1.29, 1.82) is 10.5 Å². The summed E-state index contributed by atoms with van der Waals surface area (Å²) >= 11 is 0. The third kappa shape index (κ3) is 3.51. The average molecular weight is 327 g/mol. The molecule has 0 bridgehead atoms. The largest absolute Gasteiger partial charge is 0.528 e. The van der Waals surface area contributed by atoms with E-state index in [4.69, 9.17) is 10.5 Å². The fourth-order valence-corrected chi connectivity index (χ4v) is 2.22. The van der Waals surface area contributed by atoms with E-state index in [-0.39, 0.29) is 17.4 Å². The van der Waals surface area contributed by atoms with E-state index in [1.807, 2.05) is 12.1 Å². The number of benzene rings is 2. The summed E-state index contributed by atoms with van der Waals surface area (Å²) in [5.41, 5.74) is 1.72. The smallest absolute Gasteiger partial charge is 0.421 e. The monoisotopic (exact) mass is 327 g/mol. The van der Waals surface area contributed by atoms with Crippen molar-refractivity contribution in [3.63, 3.8) is 0 Å². The summed E-state index contributed by atoms with van der Waals surface area (Å²) in [5, 5.41) is 37.0. The third-order valence-corrected chi connectivity index (χ3v) is 3.38. The van der Waals surface area contributed by atoms with Gasteiger partial charge < -0.3 is 10.0 Å². The lowest BCUT2D eigenvalue weighted by Crippen LogP contribution is -2.36. The molecule has 118 valence electrons. The minimum absolute atomic E-state index is 0.201. The molecule has 0 fully saturated rings. The molecule has 0 aliphatic heterocycles. The average Bonchev–Trinajstić information content (AvgIpc) is 2.67. The lowest BCUT2D eigenvalue weighted by Gasteiger charge is -2.08. The van der Waals surface area contributed by atoms with E-state index in [1.54, 1.807) is 48.5 Å². The highest BCUT2D eigenvalue weighted by molar-refractivity contribution is 6.56. The molecule has 0 spiro atoms. The Kier molecular flexibility index (Phi) is 4.49. The van der Waals surface area contributed by atoms with Gasteiger partial charge in [0.2, 0.25) is 0 Å². The van der Waals surface area contributed by atoms with E-state index in [1.165, 1.54) is 0 Å². The predicted octanol–water partition coefficient (Wildman–Crippen LogP) is 0.629. The lowest BCUT2D eigenvalue weighted by molar-refractivity contribution is 0.422. The van der Waals surface area contributed by atoms with Crippen LogP contribution in [0.1, 0.15) is 11.1 Å². The Morgan fingerprint density at radius 1 is 0.760 bits per heavy atom. The minimum Gasteiger partial charge on any atom is -0.421 e. The van der Waals surface area contributed by atoms with Crippen LogP contribution in [0.2, 0.25) is 0 Å². The molecule has 0 aliphatic rings. The quantitative estimate of drug-likeness (QED) is 0.675. The van der Waals surface area contributed by atoms with Crippen LogP contribution >= 0.6 is 0 Å². The molecule has 0 aliphatic carbocycles. The van der Waals surface area contributed by atoms with Crippen LogP contribution < -0.4 is 5.72 Å². The van der Waals surface area contributed by atoms with Crippen molar-refractivity contribution < 1.29 is 10.0 Å². The van der Waals surface area contributed by atoms with Crippen molar-refractivity contribution in [3.05, 3.63) is 59.7 Å². The first-order valence-corrected chi connectivity index (χ1v) is 7.24. The second-order valence-electron chi connectivity index (χ2n) is 5.10. The summed E-state index contributed by atoms with van der Waals surface area (Å²) in [4.78, 5) is 12.4. The van der Waals surface area contributed by atoms with E-state index in [9.17, 15) is 10.0 Å². The first kappa shape index (κ1) is 16.3. The van der Waals surface area contributed by atoms with E-state index in [2.05, 4.69) is 15.0 Å². The Balaban J connectivity index is 2.18. The van der Waals surface area contributed by atoms with Crippen LogP contribution in [0.3, 0.4) is 0 Å². The van der Waals surface area contributed by atoms with Gasteiger partial charge in [-0.15, -0.1) is 0 Å². The van der Waals surface area contributed by atoms with Gasteiger partial charge in [0.25, 0.3) is 0 Å². The van der Waals surface area contributed by atoms with Gasteiger partial charge in [0, 0.05) is 11.1 Å². The molecule has 8 heteroatoms. The van der Waals surface area contributed by atoms with E-state index in [0.717, 1.165) is 0 Å². The Morgan fingerprint density at radius 3 is 1.64 bits per heavy atom. The molecule has 3 aromatic rings. The lowest BCUT2D eigenvalue weighted by atomic mass is 9.90. The number of hydrogen-bond donors (Lipinski definition) is 2. The Bertz CT molecular complexity index is 948. The summed E-state index contributed by atoms with van der Waals surface area (Å²) in [6.45, 7) is 0. The zero-order valence-electron chi connectivity index (χ0n) is 12.8. The van der Waals surface area contributed by atoms with Crippen LogP contribution in [-0.4, -0.2) is 32.1 Å². The number of nitrogens with zero attached hydrogens (tertiary/aromatic N) is 5. The second kappa shape index (κ2) is 6.89. The van der Waals surface area contributed by atoms with Crippen LogP contribution in [0.15, 0.2) is 48.5 Å². The third-order valence-electron chi connectivity index (χ3n) is 3.38. The molecule has 0 unspecified atom stereocenters. The molecule has 3 rings (SSSR count). The summed E-state index contributed by atoms with van der Waals surface area (Å²) in [6, 6.07) is 17.3. The zero-order valence-corrected chi connectivity index (χ0v) is 12.8. The Morgan fingerprint density at radius 2 is 1.24 bits per heavy atom. The van der Waals surface area contributed by atoms with Gasteiger partial charge >= 0.3 is 7.12 Å². The number of aromatic nitrogens is 3. The highest BCUT2D eigenvalue weighted by Crippen LogP contribution is 2.20. The van der Waals surface area contributed by atoms with Gasteiger partial charge in [-0.2, -0.15) is 10.5 Å². The number of hydrogen-bond acceptors (Lipinski definition) is 7. The van der Waals surface area contributed by atoms with Crippen molar-refractivity contribution in [2.24, 2.45) is 0 Å². The molecule has 1 aromatic heterocycles. The summed E-state index contributed by atoms with van der Waals surface area (Å²) in [5.74, 6) is 0.403. The molecule has 0 atom stereocenters. The molecule has 7 nitrogen and oxygen atoms in total. The van der Waals surface area contributed by atoms with Crippen molar-refractivity contribution in [3.8, 4) is 34.9 Å². The van der Waals surface area contributed by atoms with E-state index in [0.29, 0.717) is 22.3 Å². The topological polar surface area (TPSA) is 127 Å². The van der Waals surface area contributed by atoms with Crippen LogP contribution in [-0.2, 0) is 0 Å². The maximum atomic E-state index is 9.47. The van der Waals surface area contributed by atoms with E-state index >= 15 is 0 Å². The molecule has 2 N–H and O–H groups in total. The zero-order chi connectivity index (χ0) is 17.8. The molecule has 0 amide bonds. The molecular formula is C17H10BN5O2. The maximum Gasteiger partial charge on any atom is 0.528 e. The first-order chi connectivity index (χ1) is 12.1. The van der Waals surface area contributed by atoms with Crippen molar-refractivity contribution in [2.75, 3.05) is 0 Å². The predicted molar refractivity (Wildman–Crippen MR) is 90.0 cm³/mol. The minimum atomic E-state index is -1.88. The van der Waals surface area contributed by atoms with E-state index < -0.39 is 7.12 Å². The SMILES string of the molecule is N#Cc1cccc(-c2nc(B(O)O)nc(-c3cccc(C#N)c3)n2)c1. The van der Waals surface area contributed by atoms with Gasteiger partial charge in [0.05, 0.1) is 23.3 Å². The van der Waals surface area contributed by atoms with Gasteiger partial charge in [-0.25, -0.2) is 15.0 Å². The van der Waals surface area contributed by atoms with Gasteiger partial charge in [-0.1, -0.05) is 24.3 Å². The van der Waals surface area contributed by atoms with Crippen LogP contribution in [0, 0.1) is 22.7 Å². The standard InChI is InChI=1S/C17H10BN5O2/c19-9-11-3-1-5-13(7-11)15-21-16(23-17(22-15)18(24)25)14-6-2-4-12(8-14)10-20/h1-8,24-25H. The first-order valence-electron chi connectivity index (χ1n) is 7.24. The van der Waals surface area contributed by atoms with Crippen LogP contribution in [0.25, 0.3) is 22.8 Å². The summed E-state index contributed by atoms with van der Waals surface area (Å²) in [7, 11) is -1.88. The number of rotatable bonds is 3. The highest BCUT2D eigenvalue weighted by Gasteiger charge is 2.19. The summed E-state index contributed by atoms with van der Waals surface area (Å²) in [6.07, 6.45) is 0. The maximum absolute atomic E-state index is 9.47. The Labute approximate surface area is 143 Å². The second-order valence-corrected chi connectivity index (χ2v) is 5.10. The molecule has 0 radical (unpaired) electrons. The number of nitriles is 2.